The molecule has 2 N–H and O–H groups in total. The molecule has 218 valence electrons. The normalized spacial score (nSPS) is 10.6. The van der Waals surface area contributed by atoms with Gasteiger partial charge in [-0.3, -0.25) is 4.79 Å². The molecular formula is C34H31N3O6. The van der Waals surface area contributed by atoms with Crippen LogP contribution in [-0.4, -0.2) is 33.4 Å². The van der Waals surface area contributed by atoms with Crippen LogP contribution >= 0.6 is 0 Å². The summed E-state index contributed by atoms with van der Waals surface area (Å²) in [5.74, 6) is -0.745. The Morgan fingerprint density at radius 1 is 0.814 bits per heavy atom. The molecule has 0 aliphatic carbocycles. The van der Waals surface area contributed by atoms with Gasteiger partial charge in [-0.1, -0.05) is 91.0 Å². The number of rotatable bonds is 13. The summed E-state index contributed by atoms with van der Waals surface area (Å²) in [4.78, 5) is 25.1. The molecule has 0 aliphatic rings. The average Bonchev–Trinajstić information content (AvgIpc) is 3.42. The highest BCUT2D eigenvalue weighted by atomic mass is 16.5. The number of benzene rings is 4. The molecule has 0 atom stereocenters. The minimum absolute atomic E-state index is 0.0897. The number of carboxylic acids is 1. The van der Waals surface area contributed by atoms with Crippen molar-refractivity contribution >= 4 is 23.4 Å². The molecule has 0 fully saturated rings. The van der Waals surface area contributed by atoms with Gasteiger partial charge in [-0.05, 0) is 18.1 Å². The van der Waals surface area contributed by atoms with E-state index in [1.54, 1.807) is 25.1 Å². The Morgan fingerprint density at radius 3 is 2.02 bits per heavy atom. The maximum absolute atomic E-state index is 12.7. The van der Waals surface area contributed by atoms with E-state index in [1.807, 2.05) is 91.0 Å². The molecule has 5 aromatic rings. The summed E-state index contributed by atoms with van der Waals surface area (Å²) in [6, 6.07) is 33.5. The monoisotopic (exact) mass is 577 g/mol. The Hall–Kier alpha value is -5.57. The molecule has 1 aromatic heterocycles. The first-order valence-corrected chi connectivity index (χ1v) is 13.8. The second kappa shape index (κ2) is 13.9. The molecule has 1 heterocycles. The van der Waals surface area contributed by atoms with Crippen molar-refractivity contribution in [3.8, 4) is 22.8 Å². The van der Waals surface area contributed by atoms with Crippen LogP contribution < -0.4 is 14.8 Å². The third kappa shape index (κ3) is 7.59. The molecule has 9 nitrogen and oxygen atoms in total. The number of hydrogen-bond donors (Lipinski definition) is 2. The number of carboxylic acid groups (broad SMARTS) is 1. The van der Waals surface area contributed by atoms with Gasteiger partial charge in [0.1, 0.15) is 42.6 Å². The quantitative estimate of drug-likeness (QED) is 0.149. The van der Waals surface area contributed by atoms with E-state index in [9.17, 15) is 14.7 Å². The summed E-state index contributed by atoms with van der Waals surface area (Å²) in [5, 5.41) is 18.1. The lowest BCUT2D eigenvalue weighted by atomic mass is 10.1. The van der Waals surface area contributed by atoms with E-state index in [0.29, 0.717) is 17.3 Å². The molecule has 0 saturated carbocycles. The predicted octanol–water partition coefficient (Wildman–Crippen LogP) is 6.71. The number of hydrogen-bond acceptors (Lipinski definition) is 7. The number of carbonyl (C=O) groups excluding carboxylic acids is 1. The number of carbonyl (C=O) groups is 2. The molecule has 4 aromatic carbocycles. The van der Waals surface area contributed by atoms with Crippen molar-refractivity contribution in [2.24, 2.45) is 0 Å². The summed E-state index contributed by atoms with van der Waals surface area (Å²) in [6.45, 7) is 2.20. The number of anilines is 2. The van der Waals surface area contributed by atoms with E-state index in [2.05, 4.69) is 10.4 Å². The SMILES string of the molecule is CCOC(=O)Cn1nc(-c2ccccc2)cc1Nc1cc(OCc2ccccc2)cc(OCc2ccccc2)c1C(=O)O. The van der Waals surface area contributed by atoms with Gasteiger partial charge in [-0.15, -0.1) is 0 Å². The highest BCUT2D eigenvalue weighted by molar-refractivity contribution is 5.99. The lowest BCUT2D eigenvalue weighted by molar-refractivity contribution is -0.144. The number of nitrogens with one attached hydrogen (secondary N) is 1. The smallest absolute Gasteiger partial charge is 0.341 e. The molecule has 0 radical (unpaired) electrons. The van der Waals surface area contributed by atoms with E-state index >= 15 is 0 Å². The summed E-state index contributed by atoms with van der Waals surface area (Å²) in [5.41, 5.74) is 3.38. The summed E-state index contributed by atoms with van der Waals surface area (Å²) < 4.78 is 18.8. The first kappa shape index (κ1) is 28.9. The van der Waals surface area contributed by atoms with Crippen LogP contribution in [0, 0.1) is 0 Å². The summed E-state index contributed by atoms with van der Waals surface area (Å²) in [6.07, 6.45) is 0. The van der Waals surface area contributed by atoms with Crippen LogP contribution in [0.1, 0.15) is 28.4 Å². The predicted molar refractivity (Wildman–Crippen MR) is 163 cm³/mol. The Kier molecular flexibility index (Phi) is 9.33. The Bertz CT molecular complexity index is 1670. The molecule has 0 amide bonds. The highest BCUT2D eigenvalue weighted by Gasteiger charge is 2.22. The van der Waals surface area contributed by atoms with Gasteiger partial charge in [0, 0.05) is 23.8 Å². The van der Waals surface area contributed by atoms with Gasteiger partial charge >= 0.3 is 11.9 Å². The molecule has 43 heavy (non-hydrogen) atoms. The van der Waals surface area contributed by atoms with Crippen LogP contribution in [-0.2, 0) is 29.3 Å². The maximum Gasteiger partial charge on any atom is 0.341 e. The first-order valence-electron chi connectivity index (χ1n) is 13.8. The van der Waals surface area contributed by atoms with Gasteiger partial charge in [0.05, 0.1) is 18.0 Å². The van der Waals surface area contributed by atoms with E-state index in [0.717, 1.165) is 16.7 Å². The second-order valence-electron chi connectivity index (χ2n) is 9.57. The number of aromatic carboxylic acids is 1. The third-order valence-corrected chi connectivity index (χ3v) is 6.47. The standard InChI is InChI=1S/C34H31N3O6/c1-2-41-32(38)21-37-31(20-28(36-37)26-16-10-5-11-17-26)35-29-18-27(42-22-24-12-6-3-7-13-24)19-30(33(29)34(39)40)43-23-25-14-8-4-9-15-25/h3-20,35H,2,21-23H2,1H3,(H,39,40). The maximum atomic E-state index is 12.7. The van der Waals surface area contributed by atoms with Gasteiger partial charge < -0.3 is 24.6 Å². The van der Waals surface area contributed by atoms with Crippen LogP contribution in [0.5, 0.6) is 11.5 Å². The van der Waals surface area contributed by atoms with Crippen molar-refractivity contribution in [1.29, 1.82) is 0 Å². The van der Waals surface area contributed by atoms with Gasteiger partial charge in [-0.25, -0.2) is 9.48 Å². The molecular weight excluding hydrogens is 546 g/mol. The summed E-state index contributed by atoms with van der Waals surface area (Å²) >= 11 is 0. The van der Waals surface area contributed by atoms with Crippen LogP contribution in [0.3, 0.4) is 0 Å². The second-order valence-corrected chi connectivity index (χ2v) is 9.57. The van der Waals surface area contributed by atoms with Crippen molar-refractivity contribution in [3.05, 3.63) is 126 Å². The third-order valence-electron chi connectivity index (χ3n) is 6.47. The van der Waals surface area contributed by atoms with E-state index in [-0.39, 0.29) is 43.4 Å². The zero-order valence-electron chi connectivity index (χ0n) is 23.6. The fraction of sp³-hybridized carbons (Fsp3) is 0.147. The first-order chi connectivity index (χ1) is 21.0. The molecule has 0 unspecified atom stereocenters. The van der Waals surface area contributed by atoms with Gasteiger partial charge in [-0.2, -0.15) is 5.10 Å². The Labute approximate surface area is 249 Å². The van der Waals surface area contributed by atoms with Crippen LogP contribution in [0.25, 0.3) is 11.3 Å². The van der Waals surface area contributed by atoms with Gasteiger partial charge in [0.25, 0.3) is 0 Å². The lowest BCUT2D eigenvalue weighted by Gasteiger charge is -2.18. The minimum atomic E-state index is -1.19. The molecule has 0 aliphatic heterocycles. The molecule has 0 saturated heterocycles. The number of esters is 1. The minimum Gasteiger partial charge on any atom is -0.489 e. The van der Waals surface area contributed by atoms with Crippen molar-refractivity contribution in [2.45, 2.75) is 26.7 Å². The highest BCUT2D eigenvalue weighted by Crippen LogP contribution is 2.36. The fourth-order valence-electron chi connectivity index (χ4n) is 4.44. The average molecular weight is 578 g/mol. The topological polar surface area (TPSA) is 112 Å². The van der Waals surface area contributed by atoms with Crippen LogP contribution in [0.2, 0.25) is 0 Å². The number of aromatic nitrogens is 2. The molecule has 9 heteroatoms. The molecule has 5 rings (SSSR count). The fourth-order valence-corrected chi connectivity index (χ4v) is 4.44. The number of ether oxygens (including phenoxy) is 3. The van der Waals surface area contributed by atoms with Crippen molar-refractivity contribution in [1.82, 2.24) is 9.78 Å². The van der Waals surface area contributed by atoms with E-state index < -0.39 is 11.9 Å². The van der Waals surface area contributed by atoms with Crippen LogP contribution in [0.15, 0.2) is 109 Å². The zero-order chi connectivity index (χ0) is 30.0. The van der Waals surface area contributed by atoms with E-state index in [1.165, 1.54) is 4.68 Å². The van der Waals surface area contributed by atoms with Crippen LogP contribution in [0.4, 0.5) is 11.5 Å². The van der Waals surface area contributed by atoms with Gasteiger partial charge in [0.15, 0.2) is 0 Å². The van der Waals surface area contributed by atoms with Crippen molar-refractivity contribution in [3.63, 3.8) is 0 Å². The van der Waals surface area contributed by atoms with Gasteiger partial charge in [0.2, 0.25) is 0 Å². The largest absolute Gasteiger partial charge is 0.489 e. The van der Waals surface area contributed by atoms with Crippen molar-refractivity contribution < 1.29 is 28.9 Å². The molecule has 0 bridgehead atoms. The number of nitrogens with zero attached hydrogens (tertiary/aromatic N) is 2. The summed E-state index contributed by atoms with van der Waals surface area (Å²) in [7, 11) is 0. The molecule has 0 spiro atoms. The lowest BCUT2D eigenvalue weighted by Crippen LogP contribution is -2.16. The van der Waals surface area contributed by atoms with E-state index in [4.69, 9.17) is 14.2 Å². The Balaban J connectivity index is 1.54. The zero-order valence-corrected chi connectivity index (χ0v) is 23.6. The van der Waals surface area contributed by atoms with Crippen molar-refractivity contribution in [2.75, 3.05) is 11.9 Å². The Morgan fingerprint density at radius 2 is 1.42 bits per heavy atom.